The van der Waals surface area contributed by atoms with Crippen molar-refractivity contribution in [2.45, 2.75) is 39.3 Å². The second-order valence-corrected chi connectivity index (χ2v) is 6.32. The number of hydrogen-bond acceptors (Lipinski definition) is 5. The van der Waals surface area contributed by atoms with Crippen molar-refractivity contribution in [1.29, 1.82) is 0 Å². The topological polar surface area (TPSA) is 69.5 Å². The lowest BCUT2D eigenvalue weighted by Gasteiger charge is -2.19. The molecule has 1 aromatic heterocycles. The molecule has 0 fully saturated rings. The molecule has 0 N–H and O–H groups in total. The Balaban J connectivity index is 1.93. The Morgan fingerprint density at radius 2 is 2.12 bits per heavy atom. The normalized spacial score (nSPS) is 12.0. The summed E-state index contributed by atoms with van der Waals surface area (Å²) in [5.41, 5.74) is 1.13. The molecule has 0 saturated heterocycles. The molecule has 0 saturated carbocycles. The van der Waals surface area contributed by atoms with Crippen LogP contribution in [-0.2, 0) is 22.6 Å². The number of ether oxygens (including phenoxy) is 2. The van der Waals surface area contributed by atoms with E-state index in [9.17, 15) is 4.79 Å². The van der Waals surface area contributed by atoms with E-state index in [1.807, 2.05) is 22.8 Å². The summed E-state index contributed by atoms with van der Waals surface area (Å²) in [5.74, 6) is 1.77. The molecule has 0 aliphatic carbocycles. The van der Waals surface area contributed by atoms with Gasteiger partial charge < -0.3 is 18.9 Å². The number of methoxy groups -OCH3 is 1. The van der Waals surface area contributed by atoms with E-state index in [0.29, 0.717) is 25.6 Å². The first-order valence-electron chi connectivity index (χ1n) is 8.88. The first-order chi connectivity index (χ1) is 12.6. The molecule has 7 nitrogen and oxygen atoms in total. The van der Waals surface area contributed by atoms with Gasteiger partial charge in [-0.1, -0.05) is 32.0 Å². The van der Waals surface area contributed by atoms with Crippen molar-refractivity contribution in [2.75, 3.05) is 27.4 Å². The van der Waals surface area contributed by atoms with Gasteiger partial charge >= 0.3 is 0 Å². The zero-order chi connectivity index (χ0) is 18.9. The van der Waals surface area contributed by atoms with Gasteiger partial charge in [0.1, 0.15) is 12.1 Å². The van der Waals surface area contributed by atoms with Crippen molar-refractivity contribution in [3.63, 3.8) is 0 Å². The molecule has 0 bridgehead atoms. The summed E-state index contributed by atoms with van der Waals surface area (Å²) in [7, 11) is 3.38. The fourth-order valence-electron chi connectivity index (χ4n) is 2.57. The predicted molar refractivity (Wildman–Crippen MR) is 99.0 cm³/mol. The third kappa shape index (κ3) is 5.29. The van der Waals surface area contributed by atoms with E-state index in [0.717, 1.165) is 23.6 Å². The van der Waals surface area contributed by atoms with Crippen LogP contribution in [0.15, 0.2) is 30.6 Å². The van der Waals surface area contributed by atoms with Crippen molar-refractivity contribution >= 4 is 5.91 Å². The fourth-order valence-corrected chi connectivity index (χ4v) is 2.57. The fraction of sp³-hybridized carbons (Fsp3) is 0.526. The van der Waals surface area contributed by atoms with Crippen molar-refractivity contribution in [1.82, 2.24) is 19.7 Å². The molecule has 0 spiro atoms. The highest BCUT2D eigenvalue weighted by Crippen LogP contribution is 2.28. The summed E-state index contributed by atoms with van der Waals surface area (Å²) in [6.07, 6.45) is 2.66. The van der Waals surface area contributed by atoms with Crippen LogP contribution in [0.1, 0.15) is 37.6 Å². The number of amides is 1. The van der Waals surface area contributed by atoms with Crippen LogP contribution in [-0.4, -0.2) is 52.9 Å². The molecule has 0 radical (unpaired) electrons. The number of para-hydroxylation sites is 1. The lowest BCUT2D eigenvalue weighted by Crippen LogP contribution is -2.32. The predicted octanol–water partition coefficient (Wildman–Crippen LogP) is 2.48. The Bertz CT molecular complexity index is 702. The Labute approximate surface area is 154 Å². The van der Waals surface area contributed by atoms with Gasteiger partial charge in [0, 0.05) is 20.7 Å². The van der Waals surface area contributed by atoms with Crippen LogP contribution >= 0.6 is 0 Å². The van der Waals surface area contributed by atoms with Crippen LogP contribution in [0.25, 0.3) is 0 Å². The summed E-state index contributed by atoms with van der Waals surface area (Å²) in [5, 5.41) is 7.99. The van der Waals surface area contributed by atoms with E-state index in [-0.39, 0.29) is 12.5 Å². The molecular formula is C19H28N4O3. The molecule has 0 aliphatic rings. The van der Waals surface area contributed by atoms with Crippen molar-refractivity contribution in [2.24, 2.45) is 0 Å². The van der Waals surface area contributed by atoms with Gasteiger partial charge in [-0.15, -0.1) is 10.2 Å². The van der Waals surface area contributed by atoms with Crippen molar-refractivity contribution < 1.29 is 14.3 Å². The first-order valence-corrected chi connectivity index (χ1v) is 8.88. The summed E-state index contributed by atoms with van der Waals surface area (Å²) < 4.78 is 12.8. The standard InChI is InChI=1S/C19H28N4O3/c1-5-15(2)16-8-6-7-9-17(16)26-13-19(24)22(3)12-18-21-20-14-23(18)10-11-25-4/h6-9,14-15H,5,10-13H2,1-4H3. The SMILES string of the molecule is CCC(C)c1ccccc1OCC(=O)N(C)Cc1nncn1CCOC. The number of rotatable bonds is 10. The maximum Gasteiger partial charge on any atom is 0.260 e. The van der Waals surface area contributed by atoms with Crippen LogP contribution in [0.4, 0.5) is 0 Å². The van der Waals surface area contributed by atoms with E-state index in [1.165, 1.54) is 0 Å². The highest BCUT2D eigenvalue weighted by molar-refractivity contribution is 5.77. The molecule has 26 heavy (non-hydrogen) atoms. The van der Waals surface area contributed by atoms with Gasteiger partial charge in [0.05, 0.1) is 13.2 Å². The third-order valence-corrected chi connectivity index (χ3v) is 4.45. The van der Waals surface area contributed by atoms with Gasteiger partial charge in [-0.3, -0.25) is 4.79 Å². The summed E-state index contributed by atoms with van der Waals surface area (Å²) in [6, 6.07) is 7.88. The van der Waals surface area contributed by atoms with Crippen molar-refractivity contribution in [3.8, 4) is 5.75 Å². The Kier molecular flexibility index (Phi) is 7.59. The first kappa shape index (κ1) is 19.9. The maximum absolute atomic E-state index is 12.4. The van der Waals surface area contributed by atoms with Crippen LogP contribution in [0.2, 0.25) is 0 Å². The van der Waals surface area contributed by atoms with Gasteiger partial charge in [0.15, 0.2) is 12.4 Å². The summed E-state index contributed by atoms with van der Waals surface area (Å²) >= 11 is 0. The van der Waals surface area contributed by atoms with Gasteiger partial charge in [-0.2, -0.15) is 0 Å². The second kappa shape index (κ2) is 9.91. The van der Waals surface area contributed by atoms with Gasteiger partial charge in [-0.25, -0.2) is 0 Å². The van der Waals surface area contributed by atoms with Gasteiger partial charge in [-0.05, 0) is 24.0 Å². The van der Waals surface area contributed by atoms with E-state index in [1.54, 1.807) is 25.4 Å². The molecule has 2 rings (SSSR count). The number of benzene rings is 1. The highest BCUT2D eigenvalue weighted by atomic mass is 16.5. The molecular weight excluding hydrogens is 332 g/mol. The van der Waals surface area contributed by atoms with E-state index < -0.39 is 0 Å². The van der Waals surface area contributed by atoms with Gasteiger partial charge in [0.2, 0.25) is 0 Å². The Morgan fingerprint density at radius 3 is 2.85 bits per heavy atom. The average molecular weight is 360 g/mol. The van der Waals surface area contributed by atoms with E-state index >= 15 is 0 Å². The largest absolute Gasteiger partial charge is 0.483 e. The molecule has 1 atom stereocenters. The quantitative estimate of drug-likeness (QED) is 0.651. The zero-order valence-electron chi connectivity index (χ0n) is 16.0. The smallest absolute Gasteiger partial charge is 0.260 e. The highest BCUT2D eigenvalue weighted by Gasteiger charge is 2.16. The molecule has 1 aromatic carbocycles. The molecule has 2 aromatic rings. The molecule has 1 heterocycles. The number of carbonyl (C=O) groups is 1. The van der Waals surface area contributed by atoms with E-state index in [2.05, 4.69) is 30.1 Å². The van der Waals surface area contributed by atoms with Crippen LogP contribution < -0.4 is 4.74 Å². The van der Waals surface area contributed by atoms with Crippen LogP contribution in [0, 0.1) is 0 Å². The number of aromatic nitrogens is 3. The molecule has 142 valence electrons. The molecule has 0 aliphatic heterocycles. The average Bonchev–Trinajstić information content (AvgIpc) is 3.10. The summed E-state index contributed by atoms with van der Waals surface area (Å²) in [4.78, 5) is 14.0. The molecule has 1 unspecified atom stereocenters. The number of hydrogen-bond donors (Lipinski definition) is 0. The minimum absolute atomic E-state index is 0.00381. The van der Waals surface area contributed by atoms with Crippen molar-refractivity contribution in [3.05, 3.63) is 42.0 Å². The van der Waals surface area contributed by atoms with Crippen LogP contribution in [0.5, 0.6) is 5.75 Å². The lowest BCUT2D eigenvalue weighted by molar-refractivity contribution is -0.132. The monoisotopic (exact) mass is 360 g/mol. The lowest BCUT2D eigenvalue weighted by atomic mass is 9.98. The number of carbonyl (C=O) groups excluding carboxylic acids is 1. The number of likely N-dealkylation sites (N-methyl/N-ethyl adjacent to an activating group) is 1. The van der Waals surface area contributed by atoms with Crippen LogP contribution in [0.3, 0.4) is 0 Å². The van der Waals surface area contributed by atoms with E-state index in [4.69, 9.17) is 9.47 Å². The molecule has 7 heteroatoms. The second-order valence-electron chi connectivity index (χ2n) is 6.32. The number of nitrogens with zero attached hydrogens (tertiary/aromatic N) is 4. The minimum Gasteiger partial charge on any atom is -0.483 e. The summed E-state index contributed by atoms with van der Waals surface area (Å²) in [6.45, 7) is 5.88. The Morgan fingerprint density at radius 1 is 1.35 bits per heavy atom. The molecule has 1 amide bonds. The third-order valence-electron chi connectivity index (χ3n) is 4.45. The Hall–Kier alpha value is -2.41. The van der Waals surface area contributed by atoms with Gasteiger partial charge in [0.25, 0.3) is 5.91 Å². The zero-order valence-corrected chi connectivity index (χ0v) is 16.0. The maximum atomic E-state index is 12.4. The minimum atomic E-state index is -0.106.